The van der Waals surface area contributed by atoms with Gasteiger partial charge in [-0.05, 0) is 60.8 Å². The SMILES string of the molecule is CC1C[C@H](C2CCCCC2)C[C@@H]2C(O)C[C@@H](/C=C/C=N/OCCN)[C@@H]12. The highest BCUT2D eigenvalue weighted by atomic mass is 16.6. The van der Waals surface area contributed by atoms with E-state index < -0.39 is 0 Å². The Labute approximate surface area is 152 Å². The fraction of sp³-hybridized carbons (Fsp3) is 0.857. The zero-order valence-corrected chi connectivity index (χ0v) is 15.7. The van der Waals surface area contributed by atoms with Gasteiger partial charge < -0.3 is 15.7 Å². The van der Waals surface area contributed by atoms with E-state index in [2.05, 4.69) is 18.2 Å². The van der Waals surface area contributed by atoms with Crippen LogP contribution in [0.1, 0.15) is 58.3 Å². The van der Waals surface area contributed by atoms with Crippen molar-refractivity contribution in [3.05, 3.63) is 12.2 Å². The molecule has 3 fully saturated rings. The van der Waals surface area contributed by atoms with Crippen molar-refractivity contribution in [2.75, 3.05) is 13.2 Å². The summed E-state index contributed by atoms with van der Waals surface area (Å²) in [7, 11) is 0. The molecule has 0 heterocycles. The predicted octanol–water partition coefficient (Wildman–Crippen LogP) is 3.74. The Hall–Kier alpha value is -0.870. The van der Waals surface area contributed by atoms with Crippen molar-refractivity contribution in [3.63, 3.8) is 0 Å². The Morgan fingerprint density at radius 2 is 1.92 bits per heavy atom. The Balaban J connectivity index is 1.58. The van der Waals surface area contributed by atoms with Crippen LogP contribution in [-0.4, -0.2) is 30.6 Å². The highest BCUT2D eigenvalue weighted by molar-refractivity contribution is 5.70. The third-order valence-electron chi connectivity index (χ3n) is 7.01. The molecule has 0 spiro atoms. The fourth-order valence-electron chi connectivity index (χ4n) is 6.00. The number of hydrogen-bond acceptors (Lipinski definition) is 4. The van der Waals surface area contributed by atoms with Crippen molar-refractivity contribution in [1.29, 1.82) is 0 Å². The molecule has 0 aromatic carbocycles. The van der Waals surface area contributed by atoms with E-state index in [-0.39, 0.29) is 6.10 Å². The molecular formula is C21H36N2O2. The lowest BCUT2D eigenvalue weighted by Crippen LogP contribution is -2.37. The lowest BCUT2D eigenvalue weighted by Gasteiger charge is -2.43. The maximum atomic E-state index is 10.7. The molecule has 3 rings (SSSR count). The number of aliphatic hydroxyl groups is 1. The molecule has 0 radical (unpaired) electrons. The highest BCUT2D eigenvalue weighted by Gasteiger charge is 2.48. The highest BCUT2D eigenvalue weighted by Crippen LogP contribution is 2.53. The largest absolute Gasteiger partial charge is 0.394 e. The Kier molecular flexibility index (Phi) is 6.94. The van der Waals surface area contributed by atoms with E-state index in [1.165, 1.54) is 44.9 Å². The van der Waals surface area contributed by atoms with Gasteiger partial charge in [-0.15, -0.1) is 0 Å². The van der Waals surface area contributed by atoms with Crippen LogP contribution < -0.4 is 5.73 Å². The second-order valence-corrected chi connectivity index (χ2v) is 8.58. The van der Waals surface area contributed by atoms with Crippen molar-refractivity contribution in [2.24, 2.45) is 46.4 Å². The van der Waals surface area contributed by atoms with Crippen LogP contribution in [0.15, 0.2) is 17.3 Å². The minimum Gasteiger partial charge on any atom is -0.394 e. The zero-order chi connectivity index (χ0) is 17.6. The quantitative estimate of drug-likeness (QED) is 0.436. The molecule has 25 heavy (non-hydrogen) atoms. The van der Waals surface area contributed by atoms with Crippen molar-refractivity contribution in [1.82, 2.24) is 0 Å². The normalized spacial score (nSPS) is 40.0. The van der Waals surface area contributed by atoms with Gasteiger partial charge >= 0.3 is 0 Å². The molecule has 3 aliphatic rings. The fourth-order valence-corrected chi connectivity index (χ4v) is 6.00. The number of oxime groups is 1. The van der Waals surface area contributed by atoms with Crippen LogP contribution >= 0.6 is 0 Å². The number of allylic oxidation sites excluding steroid dienone is 2. The summed E-state index contributed by atoms with van der Waals surface area (Å²) in [6.07, 6.45) is 16.4. The average Bonchev–Trinajstić information content (AvgIpc) is 2.95. The van der Waals surface area contributed by atoms with Crippen LogP contribution in [0.4, 0.5) is 0 Å². The first-order valence-corrected chi connectivity index (χ1v) is 10.4. The van der Waals surface area contributed by atoms with E-state index >= 15 is 0 Å². The van der Waals surface area contributed by atoms with E-state index in [0.717, 1.165) is 18.3 Å². The molecule has 3 aliphatic carbocycles. The number of rotatable bonds is 6. The van der Waals surface area contributed by atoms with Crippen LogP contribution in [0, 0.1) is 35.5 Å². The number of nitrogens with two attached hydrogens (primary N) is 1. The topological polar surface area (TPSA) is 67.8 Å². The summed E-state index contributed by atoms with van der Waals surface area (Å²) in [5.41, 5.74) is 5.37. The number of fused-ring (bicyclic) bond motifs is 1. The molecule has 0 saturated heterocycles. The molecule has 0 bridgehead atoms. The monoisotopic (exact) mass is 348 g/mol. The van der Waals surface area contributed by atoms with Gasteiger partial charge in [0.1, 0.15) is 6.61 Å². The molecule has 2 unspecified atom stereocenters. The van der Waals surface area contributed by atoms with Crippen LogP contribution in [0.5, 0.6) is 0 Å². The molecule has 6 atom stereocenters. The number of aliphatic hydroxyl groups excluding tert-OH is 1. The zero-order valence-electron chi connectivity index (χ0n) is 15.7. The molecule has 4 nitrogen and oxygen atoms in total. The minimum absolute atomic E-state index is 0.126. The van der Waals surface area contributed by atoms with Gasteiger partial charge in [0.15, 0.2) is 0 Å². The lowest BCUT2D eigenvalue weighted by atomic mass is 9.62. The van der Waals surface area contributed by atoms with Crippen LogP contribution in [0.3, 0.4) is 0 Å². The molecule has 0 aromatic rings. The molecule has 0 amide bonds. The second kappa shape index (κ2) is 9.18. The van der Waals surface area contributed by atoms with Gasteiger partial charge in [0.25, 0.3) is 0 Å². The first kappa shape index (κ1) is 18.9. The summed E-state index contributed by atoms with van der Waals surface area (Å²) in [6.45, 7) is 3.36. The molecule has 0 aliphatic heterocycles. The smallest absolute Gasteiger partial charge is 0.129 e. The van der Waals surface area contributed by atoms with Crippen molar-refractivity contribution in [2.45, 2.75) is 64.4 Å². The van der Waals surface area contributed by atoms with Gasteiger partial charge in [0.2, 0.25) is 0 Å². The third kappa shape index (κ3) is 4.65. The average molecular weight is 349 g/mol. The van der Waals surface area contributed by atoms with Crippen LogP contribution in [0.25, 0.3) is 0 Å². The Morgan fingerprint density at radius 1 is 1.12 bits per heavy atom. The standard InChI is InChI=1S/C21H36N2O2/c1-15-12-18(16-6-3-2-4-7-16)13-19-20(24)14-17(21(15)19)8-5-10-23-25-11-9-22/h5,8,10,15-21,24H,2-4,6-7,9,11-14,22H2,1H3/b8-5+,23-10+/t15?,17-,18+,19-,20?,21-/m1/s1. The number of nitrogens with zero attached hydrogens (tertiary/aromatic N) is 1. The summed E-state index contributed by atoms with van der Waals surface area (Å²) >= 11 is 0. The van der Waals surface area contributed by atoms with Gasteiger partial charge in [-0.3, -0.25) is 0 Å². The molecule has 3 N–H and O–H groups in total. The minimum atomic E-state index is -0.126. The maximum absolute atomic E-state index is 10.7. The van der Waals surface area contributed by atoms with Crippen molar-refractivity contribution >= 4 is 6.21 Å². The molecule has 0 aromatic heterocycles. The lowest BCUT2D eigenvalue weighted by molar-refractivity contribution is 0.0255. The van der Waals surface area contributed by atoms with Gasteiger partial charge in [-0.25, -0.2) is 0 Å². The Morgan fingerprint density at radius 3 is 2.68 bits per heavy atom. The predicted molar refractivity (Wildman–Crippen MR) is 102 cm³/mol. The molecule has 142 valence electrons. The first-order chi connectivity index (χ1) is 12.2. The van der Waals surface area contributed by atoms with Gasteiger partial charge in [-0.2, -0.15) is 0 Å². The van der Waals surface area contributed by atoms with Gasteiger partial charge in [0.05, 0.1) is 12.3 Å². The van der Waals surface area contributed by atoms with E-state index in [9.17, 15) is 5.11 Å². The summed E-state index contributed by atoms with van der Waals surface area (Å²) in [4.78, 5) is 5.02. The van der Waals surface area contributed by atoms with Crippen molar-refractivity contribution in [3.8, 4) is 0 Å². The van der Waals surface area contributed by atoms with Gasteiger partial charge in [0, 0.05) is 6.54 Å². The van der Waals surface area contributed by atoms with E-state index in [4.69, 9.17) is 10.6 Å². The molecule has 3 saturated carbocycles. The summed E-state index contributed by atoms with van der Waals surface area (Å²) in [6, 6.07) is 0. The van der Waals surface area contributed by atoms with Crippen molar-refractivity contribution < 1.29 is 9.94 Å². The summed E-state index contributed by atoms with van der Waals surface area (Å²) < 4.78 is 0. The van der Waals surface area contributed by atoms with Gasteiger partial charge in [-0.1, -0.05) is 50.3 Å². The summed E-state index contributed by atoms with van der Waals surface area (Å²) in [5.74, 6) is 4.08. The van der Waals surface area contributed by atoms with Crippen LogP contribution in [-0.2, 0) is 4.84 Å². The molecular weight excluding hydrogens is 312 g/mol. The third-order valence-corrected chi connectivity index (χ3v) is 7.01. The maximum Gasteiger partial charge on any atom is 0.129 e. The Bertz CT molecular complexity index is 459. The number of hydrogen-bond donors (Lipinski definition) is 2. The van der Waals surface area contributed by atoms with E-state index in [0.29, 0.717) is 36.8 Å². The van der Waals surface area contributed by atoms with E-state index in [1.807, 2.05) is 6.08 Å². The first-order valence-electron chi connectivity index (χ1n) is 10.4. The molecule has 4 heteroatoms. The van der Waals surface area contributed by atoms with E-state index in [1.54, 1.807) is 6.21 Å². The summed E-state index contributed by atoms with van der Waals surface area (Å²) in [5, 5.41) is 14.6. The second-order valence-electron chi connectivity index (χ2n) is 8.58. The van der Waals surface area contributed by atoms with Crippen LogP contribution in [0.2, 0.25) is 0 Å².